The predicted octanol–water partition coefficient (Wildman–Crippen LogP) is 1.85. The Bertz CT molecular complexity index is 135. The first-order chi connectivity index (χ1) is 6.83. The minimum Gasteiger partial charge on any atom is -0.330 e. The summed E-state index contributed by atoms with van der Waals surface area (Å²) in [5.74, 6) is 2.31. The van der Waals surface area contributed by atoms with Crippen LogP contribution in [0.1, 0.15) is 32.6 Å². The van der Waals surface area contributed by atoms with Crippen LogP contribution in [0.2, 0.25) is 0 Å². The van der Waals surface area contributed by atoms with Crippen LogP contribution >= 0.6 is 11.8 Å². The molecule has 0 saturated carbocycles. The van der Waals surface area contributed by atoms with Crippen molar-refractivity contribution >= 4 is 11.8 Å². The molecule has 84 valence electrons. The molecule has 1 aliphatic rings. The lowest BCUT2D eigenvalue weighted by Gasteiger charge is -2.22. The Hall–Kier alpha value is 0.270. The van der Waals surface area contributed by atoms with Crippen LogP contribution in [0, 0.1) is 5.92 Å². The van der Waals surface area contributed by atoms with E-state index < -0.39 is 0 Å². The third-order valence-corrected chi connectivity index (χ3v) is 4.24. The van der Waals surface area contributed by atoms with E-state index in [0.29, 0.717) is 0 Å². The van der Waals surface area contributed by atoms with Crippen LogP contribution < -0.4 is 11.1 Å². The fourth-order valence-corrected chi connectivity index (χ4v) is 3.10. The third-order valence-electron chi connectivity index (χ3n) is 2.96. The van der Waals surface area contributed by atoms with E-state index in [4.69, 9.17) is 5.73 Å². The highest BCUT2D eigenvalue weighted by molar-refractivity contribution is 7.99. The maximum absolute atomic E-state index is 5.52. The summed E-state index contributed by atoms with van der Waals surface area (Å²) < 4.78 is 0. The molecular weight excluding hydrogens is 192 g/mol. The van der Waals surface area contributed by atoms with E-state index in [1.807, 2.05) is 0 Å². The molecule has 14 heavy (non-hydrogen) atoms. The summed E-state index contributed by atoms with van der Waals surface area (Å²) in [6, 6.07) is 0. The van der Waals surface area contributed by atoms with Crippen LogP contribution in [0.4, 0.5) is 0 Å². The molecule has 0 aromatic rings. The summed E-state index contributed by atoms with van der Waals surface area (Å²) in [5.41, 5.74) is 5.52. The molecule has 1 aliphatic heterocycles. The van der Waals surface area contributed by atoms with Gasteiger partial charge in [0.15, 0.2) is 0 Å². The standard InChI is InChI=1S/C11H24N2S/c1-10(2-6-12)14-9-5-11-3-7-13-8-4-11/h10-11,13H,2-9,12H2,1H3. The molecule has 3 heteroatoms. The summed E-state index contributed by atoms with van der Waals surface area (Å²) in [7, 11) is 0. The molecule has 0 radical (unpaired) electrons. The maximum Gasteiger partial charge on any atom is 0.00307 e. The van der Waals surface area contributed by atoms with Gasteiger partial charge in [-0.15, -0.1) is 0 Å². The van der Waals surface area contributed by atoms with E-state index in [2.05, 4.69) is 24.0 Å². The Balaban J connectivity index is 1.96. The lowest BCUT2D eigenvalue weighted by Crippen LogP contribution is -2.28. The van der Waals surface area contributed by atoms with Gasteiger partial charge < -0.3 is 11.1 Å². The Morgan fingerprint density at radius 2 is 2.14 bits per heavy atom. The van der Waals surface area contributed by atoms with Crippen molar-refractivity contribution in [3.8, 4) is 0 Å². The zero-order chi connectivity index (χ0) is 10.2. The number of nitrogens with two attached hydrogens (primary N) is 1. The molecule has 0 bridgehead atoms. The van der Waals surface area contributed by atoms with E-state index in [1.165, 1.54) is 38.1 Å². The van der Waals surface area contributed by atoms with Gasteiger partial charge >= 0.3 is 0 Å². The van der Waals surface area contributed by atoms with Crippen molar-refractivity contribution in [3.05, 3.63) is 0 Å². The predicted molar refractivity (Wildman–Crippen MR) is 65.8 cm³/mol. The molecule has 1 fully saturated rings. The molecule has 1 rings (SSSR count). The quantitative estimate of drug-likeness (QED) is 0.711. The fourth-order valence-electron chi connectivity index (χ4n) is 1.92. The molecule has 0 aliphatic carbocycles. The molecule has 0 aromatic carbocycles. The largest absolute Gasteiger partial charge is 0.330 e. The van der Waals surface area contributed by atoms with Crippen LogP contribution in [0.15, 0.2) is 0 Å². The molecule has 0 aromatic heterocycles. The van der Waals surface area contributed by atoms with Crippen LogP contribution in [0.3, 0.4) is 0 Å². The normalized spacial score (nSPS) is 21.0. The smallest absolute Gasteiger partial charge is 0.00307 e. The number of rotatable bonds is 6. The fraction of sp³-hybridized carbons (Fsp3) is 1.00. The highest BCUT2D eigenvalue weighted by atomic mass is 32.2. The lowest BCUT2D eigenvalue weighted by molar-refractivity contribution is 0.367. The summed E-state index contributed by atoms with van der Waals surface area (Å²) in [5, 5.41) is 4.16. The first-order valence-corrected chi connectivity index (χ1v) is 6.90. The Labute approximate surface area is 92.4 Å². The van der Waals surface area contributed by atoms with E-state index in [9.17, 15) is 0 Å². The second kappa shape index (κ2) is 7.55. The van der Waals surface area contributed by atoms with Gasteiger partial charge in [0.05, 0.1) is 0 Å². The molecule has 0 amide bonds. The molecule has 1 heterocycles. The molecule has 2 nitrogen and oxygen atoms in total. The third kappa shape index (κ3) is 5.23. The summed E-state index contributed by atoms with van der Waals surface area (Å²) in [6.45, 7) is 5.59. The summed E-state index contributed by atoms with van der Waals surface area (Å²) in [4.78, 5) is 0. The Morgan fingerprint density at radius 1 is 1.43 bits per heavy atom. The monoisotopic (exact) mass is 216 g/mol. The van der Waals surface area contributed by atoms with E-state index in [-0.39, 0.29) is 0 Å². The van der Waals surface area contributed by atoms with Gasteiger partial charge in [-0.25, -0.2) is 0 Å². The van der Waals surface area contributed by atoms with Crippen LogP contribution in [-0.4, -0.2) is 30.6 Å². The lowest BCUT2D eigenvalue weighted by atomic mass is 9.96. The second-order valence-corrected chi connectivity index (χ2v) is 5.79. The van der Waals surface area contributed by atoms with E-state index >= 15 is 0 Å². The molecule has 3 N–H and O–H groups in total. The highest BCUT2D eigenvalue weighted by Gasteiger charge is 2.12. The van der Waals surface area contributed by atoms with Gasteiger partial charge in [-0.05, 0) is 57.0 Å². The zero-order valence-corrected chi connectivity index (χ0v) is 10.1. The number of hydrogen-bond acceptors (Lipinski definition) is 3. The zero-order valence-electron chi connectivity index (χ0n) is 9.30. The van der Waals surface area contributed by atoms with Crippen molar-refractivity contribution in [1.29, 1.82) is 0 Å². The van der Waals surface area contributed by atoms with Crippen molar-refractivity contribution < 1.29 is 0 Å². The average Bonchev–Trinajstić information content (AvgIpc) is 2.20. The van der Waals surface area contributed by atoms with Gasteiger partial charge in [-0.1, -0.05) is 6.92 Å². The minimum atomic E-state index is 0.752. The second-order valence-electron chi connectivity index (χ2n) is 4.24. The number of nitrogens with one attached hydrogen (secondary N) is 1. The van der Waals surface area contributed by atoms with Crippen LogP contribution in [-0.2, 0) is 0 Å². The van der Waals surface area contributed by atoms with Gasteiger partial charge in [0, 0.05) is 5.25 Å². The number of thioether (sulfide) groups is 1. The number of hydrogen-bond donors (Lipinski definition) is 2. The molecule has 0 spiro atoms. The van der Waals surface area contributed by atoms with Crippen LogP contribution in [0.25, 0.3) is 0 Å². The minimum absolute atomic E-state index is 0.752. The van der Waals surface area contributed by atoms with Gasteiger partial charge in [0.25, 0.3) is 0 Å². The average molecular weight is 216 g/mol. The van der Waals surface area contributed by atoms with Gasteiger partial charge in [-0.3, -0.25) is 0 Å². The topological polar surface area (TPSA) is 38.0 Å². The van der Waals surface area contributed by atoms with Gasteiger partial charge in [0.2, 0.25) is 0 Å². The van der Waals surface area contributed by atoms with E-state index in [1.54, 1.807) is 0 Å². The summed E-state index contributed by atoms with van der Waals surface area (Å²) in [6.07, 6.45) is 5.33. The van der Waals surface area contributed by atoms with Crippen LogP contribution in [0.5, 0.6) is 0 Å². The molecule has 1 saturated heterocycles. The summed E-state index contributed by atoms with van der Waals surface area (Å²) >= 11 is 2.09. The Morgan fingerprint density at radius 3 is 2.79 bits per heavy atom. The van der Waals surface area contributed by atoms with E-state index in [0.717, 1.165) is 24.1 Å². The molecular formula is C11H24N2S. The van der Waals surface area contributed by atoms with Crippen molar-refractivity contribution in [1.82, 2.24) is 5.32 Å². The Kier molecular flexibility index (Phi) is 6.65. The first-order valence-electron chi connectivity index (χ1n) is 5.85. The van der Waals surface area contributed by atoms with Crippen molar-refractivity contribution in [2.45, 2.75) is 37.9 Å². The molecule has 1 atom stereocenters. The first kappa shape index (κ1) is 12.3. The van der Waals surface area contributed by atoms with Gasteiger partial charge in [-0.2, -0.15) is 11.8 Å². The molecule has 1 unspecified atom stereocenters. The maximum atomic E-state index is 5.52. The number of piperidine rings is 1. The highest BCUT2D eigenvalue weighted by Crippen LogP contribution is 2.21. The SMILES string of the molecule is CC(CCN)SCCC1CCNCC1. The van der Waals surface area contributed by atoms with Crippen molar-refractivity contribution in [2.24, 2.45) is 11.7 Å². The van der Waals surface area contributed by atoms with Crippen molar-refractivity contribution in [3.63, 3.8) is 0 Å². The van der Waals surface area contributed by atoms with Crippen molar-refractivity contribution in [2.75, 3.05) is 25.4 Å². The van der Waals surface area contributed by atoms with Gasteiger partial charge in [0.1, 0.15) is 0 Å².